The van der Waals surface area contributed by atoms with Gasteiger partial charge in [0.2, 0.25) is 0 Å². The molecule has 0 N–H and O–H groups in total. The zero-order valence-electron chi connectivity index (χ0n) is 8.98. The number of amides is 3. The number of halogens is 1. The van der Waals surface area contributed by atoms with Gasteiger partial charge in [-0.15, -0.1) is 0 Å². The minimum absolute atomic E-state index is 0.229. The Hall–Kier alpha value is -1.91. The van der Waals surface area contributed by atoms with Gasteiger partial charge in [-0.1, -0.05) is 18.2 Å². The standard InChI is InChI=1S/C11H11FN2O2/c1-13-9(10(15)14(2)11(13)16)7-5-3-4-6-8(7)12/h3-6,9H,1-2H3. The largest absolute Gasteiger partial charge is 0.327 e. The molecule has 84 valence electrons. The molecular weight excluding hydrogens is 211 g/mol. The van der Waals surface area contributed by atoms with Gasteiger partial charge in [-0.25, -0.2) is 9.18 Å². The Balaban J connectivity index is 2.46. The number of imide groups is 1. The van der Waals surface area contributed by atoms with E-state index in [4.69, 9.17) is 0 Å². The summed E-state index contributed by atoms with van der Waals surface area (Å²) in [7, 11) is 2.88. The number of nitrogens with zero attached hydrogens (tertiary/aromatic N) is 2. The minimum Gasteiger partial charge on any atom is -0.311 e. The van der Waals surface area contributed by atoms with Crippen molar-refractivity contribution in [3.63, 3.8) is 0 Å². The molecule has 0 radical (unpaired) electrons. The first-order chi connectivity index (χ1) is 7.54. The van der Waals surface area contributed by atoms with Gasteiger partial charge >= 0.3 is 6.03 Å². The van der Waals surface area contributed by atoms with E-state index >= 15 is 0 Å². The van der Waals surface area contributed by atoms with Crippen molar-refractivity contribution in [1.82, 2.24) is 9.80 Å². The fourth-order valence-corrected chi connectivity index (χ4v) is 1.83. The van der Waals surface area contributed by atoms with Crippen LogP contribution in [-0.4, -0.2) is 35.8 Å². The highest BCUT2D eigenvalue weighted by Gasteiger charge is 2.42. The number of hydrogen-bond donors (Lipinski definition) is 0. The zero-order valence-corrected chi connectivity index (χ0v) is 8.98. The van der Waals surface area contributed by atoms with Gasteiger partial charge in [0, 0.05) is 19.7 Å². The quantitative estimate of drug-likeness (QED) is 0.674. The van der Waals surface area contributed by atoms with Crippen molar-refractivity contribution in [2.75, 3.05) is 14.1 Å². The van der Waals surface area contributed by atoms with Crippen LogP contribution in [0.25, 0.3) is 0 Å². The van der Waals surface area contributed by atoms with Crippen molar-refractivity contribution >= 4 is 11.9 Å². The van der Waals surface area contributed by atoms with E-state index in [1.807, 2.05) is 0 Å². The molecule has 5 heteroatoms. The van der Waals surface area contributed by atoms with E-state index < -0.39 is 23.8 Å². The molecule has 1 aliphatic heterocycles. The van der Waals surface area contributed by atoms with Gasteiger partial charge in [0.1, 0.15) is 11.9 Å². The smallest absolute Gasteiger partial charge is 0.311 e. The lowest BCUT2D eigenvalue weighted by molar-refractivity contribution is -0.127. The van der Waals surface area contributed by atoms with Crippen molar-refractivity contribution < 1.29 is 14.0 Å². The Morgan fingerprint density at radius 1 is 1.19 bits per heavy atom. The molecular formula is C11H11FN2O2. The Morgan fingerprint density at radius 3 is 2.31 bits per heavy atom. The Labute approximate surface area is 92.3 Å². The van der Waals surface area contributed by atoms with Crippen LogP contribution in [0.2, 0.25) is 0 Å². The van der Waals surface area contributed by atoms with E-state index in [0.717, 1.165) is 4.90 Å². The van der Waals surface area contributed by atoms with E-state index in [-0.39, 0.29) is 5.56 Å². The van der Waals surface area contributed by atoms with Crippen LogP contribution in [0.3, 0.4) is 0 Å². The predicted octanol–water partition coefficient (Wildman–Crippen LogP) is 1.39. The number of carbonyl (C=O) groups excluding carboxylic acids is 2. The lowest BCUT2D eigenvalue weighted by Crippen LogP contribution is -2.27. The summed E-state index contributed by atoms with van der Waals surface area (Å²) in [4.78, 5) is 25.5. The number of hydrogen-bond acceptors (Lipinski definition) is 2. The molecule has 4 nitrogen and oxygen atoms in total. The topological polar surface area (TPSA) is 40.6 Å². The molecule has 3 amide bonds. The average Bonchev–Trinajstić information content (AvgIpc) is 2.45. The molecule has 2 rings (SSSR count). The number of likely N-dealkylation sites (N-methyl/N-ethyl adjacent to an activating group) is 2. The highest BCUT2D eigenvalue weighted by molar-refractivity contribution is 6.04. The third kappa shape index (κ3) is 1.36. The molecule has 0 bridgehead atoms. The molecule has 1 aromatic rings. The molecule has 1 atom stereocenters. The number of rotatable bonds is 1. The molecule has 1 fully saturated rings. The second kappa shape index (κ2) is 3.59. The highest BCUT2D eigenvalue weighted by atomic mass is 19.1. The first kappa shape index (κ1) is 10.6. The van der Waals surface area contributed by atoms with E-state index in [0.29, 0.717) is 0 Å². The molecule has 0 aromatic heterocycles. The number of benzene rings is 1. The summed E-state index contributed by atoms with van der Waals surface area (Å²) in [6.07, 6.45) is 0. The highest BCUT2D eigenvalue weighted by Crippen LogP contribution is 2.29. The third-order valence-corrected chi connectivity index (χ3v) is 2.74. The van der Waals surface area contributed by atoms with Crippen molar-refractivity contribution in [2.24, 2.45) is 0 Å². The molecule has 0 aliphatic carbocycles. The van der Waals surface area contributed by atoms with Crippen molar-refractivity contribution in [3.8, 4) is 0 Å². The molecule has 1 heterocycles. The first-order valence-electron chi connectivity index (χ1n) is 4.83. The summed E-state index contributed by atoms with van der Waals surface area (Å²) in [5.41, 5.74) is 0.229. The van der Waals surface area contributed by atoms with E-state index in [1.165, 1.54) is 31.1 Å². The molecule has 16 heavy (non-hydrogen) atoms. The molecule has 1 aromatic carbocycles. The average molecular weight is 222 g/mol. The molecule has 1 unspecified atom stereocenters. The number of urea groups is 1. The lowest BCUT2D eigenvalue weighted by atomic mass is 10.1. The van der Waals surface area contributed by atoms with Crippen LogP contribution in [-0.2, 0) is 4.79 Å². The summed E-state index contributed by atoms with van der Waals surface area (Å²) >= 11 is 0. The summed E-state index contributed by atoms with van der Waals surface area (Å²) in [6.45, 7) is 0. The zero-order chi connectivity index (χ0) is 11.9. The second-order valence-electron chi connectivity index (χ2n) is 3.71. The first-order valence-corrected chi connectivity index (χ1v) is 4.83. The second-order valence-corrected chi connectivity index (χ2v) is 3.71. The van der Waals surface area contributed by atoms with Gasteiger partial charge in [0.25, 0.3) is 5.91 Å². The Morgan fingerprint density at radius 2 is 1.81 bits per heavy atom. The van der Waals surface area contributed by atoms with E-state index in [2.05, 4.69) is 0 Å². The number of carbonyl (C=O) groups is 2. The molecule has 0 saturated carbocycles. The van der Waals surface area contributed by atoms with Gasteiger partial charge in [-0.3, -0.25) is 9.69 Å². The van der Waals surface area contributed by atoms with Gasteiger partial charge in [0.15, 0.2) is 0 Å². The normalized spacial score (nSPS) is 20.8. The summed E-state index contributed by atoms with van der Waals surface area (Å²) in [5.74, 6) is -0.881. The summed E-state index contributed by atoms with van der Waals surface area (Å²) in [5, 5.41) is 0. The van der Waals surface area contributed by atoms with Crippen LogP contribution in [0, 0.1) is 5.82 Å². The predicted molar refractivity (Wildman–Crippen MR) is 55.1 cm³/mol. The molecule has 0 spiro atoms. The van der Waals surface area contributed by atoms with Crippen molar-refractivity contribution in [2.45, 2.75) is 6.04 Å². The fourth-order valence-electron chi connectivity index (χ4n) is 1.83. The molecule has 1 saturated heterocycles. The third-order valence-electron chi connectivity index (χ3n) is 2.74. The van der Waals surface area contributed by atoms with Crippen LogP contribution < -0.4 is 0 Å². The van der Waals surface area contributed by atoms with Crippen LogP contribution >= 0.6 is 0 Å². The van der Waals surface area contributed by atoms with Crippen molar-refractivity contribution in [3.05, 3.63) is 35.6 Å². The van der Waals surface area contributed by atoms with Gasteiger partial charge in [-0.05, 0) is 6.07 Å². The maximum Gasteiger partial charge on any atom is 0.327 e. The maximum absolute atomic E-state index is 13.5. The Bertz CT molecular complexity index is 461. The minimum atomic E-state index is -0.848. The van der Waals surface area contributed by atoms with E-state index in [1.54, 1.807) is 12.1 Å². The van der Waals surface area contributed by atoms with Gasteiger partial charge in [0.05, 0.1) is 0 Å². The summed E-state index contributed by atoms with van der Waals surface area (Å²) in [6, 6.07) is 4.71. The Kier molecular flexibility index (Phi) is 2.38. The van der Waals surface area contributed by atoms with Crippen molar-refractivity contribution in [1.29, 1.82) is 0 Å². The van der Waals surface area contributed by atoms with E-state index in [9.17, 15) is 14.0 Å². The van der Waals surface area contributed by atoms with Crippen LogP contribution in [0.1, 0.15) is 11.6 Å². The van der Waals surface area contributed by atoms with Crippen LogP contribution in [0.5, 0.6) is 0 Å². The molecule has 1 aliphatic rings. The fraction of sp³-hybridized carbons (Fsp3) is 0.273. The van der Waals surface area contributed by atoms with Gasteiger partial charge < -0.3 is 4.90 Å². The van der Waals surface area contributed by atoms with Crippen LogP contribution in [0.15, 0.2) is 24.3 Å². The lowest BCUT2D eigenvalue weighted by Gasteiger charge is -2.16. The summed E-state index contributed by atoms with van der Waals surface area (Å²) < 4.78 is 13.5. The van der Waals surface area contributed by atoms with Gasteiger partial charge in [-0.2, -0.15) is 0 Å². The monoisotopic (exact) mass is 222 g/mol. The maximum atomic E-state index is 13.5. The SMILES string of the molecule is CN1C(=O)C(c2ccccc2F)N(C)C1=O. The van der Waals surface area contributed by atoms with Crippen LogP contribution in [0.4, 0.5) is 9.18 Å².